The minimum Gasteiger partial charge on any atom is -0.494 e. The highest BCUT2D eigenvalue weighted by molar-refractivity contribution is 9.10. The number of hydrogen-bond donors (Lipinski definition) is 0. The summed E-state index contributed by atoms with van der Waals surface area (Å²) in [5.41, 5.74) is 0.802. The third-order valence-electron chi connectivity index (χ3n) is 4.25. The summed E-state index contributed by atoms with van der Waals surface area (Å²) in [5, 5.41) is 0. The van der Waals surface area contributed by atoms with Gasteiger partial charge in [0.05, 0.1) is 28.8 Å². The molecular weight excluding hydrogens is 436 g/mol. The third-order valence-corrected chi connectivity index (χ3v) is 4.87. The molecule has 156 valence electrons. The number of halogens is 1. The summed E-state index contributed by atoms with van der Waals surface area (Å²) in [7, 11) is 0. The van der Waals surface area contributed by atoms with Crippen LogP contribution in [0.15, 0.2) is 46.9 Å². The van der Waals surface area contributed by atoms with Crippen molar-refractivity contribution in [1.82, 2.24) is 0 Å². The van der Waals surface area contributed by atoms with Gasteiger partial charge in [0, 0.05) is 0 Å². The second-order valence-electron chi connectivity index (χ2n) is 6.54. The molecule has 0 fully saturated rings. The van der Waals surface area contributed by atoms with Crippen molar-refractivity contribution in [2.24, 2.45) is 0 Å². The largest absolute Gasteiger partial charge is 0.494 e. The number of carbonyl (C=O) groups is 2. The molecular formula is C23H27BrO5. The van der Waals surface area contributed by atoms with Crippen LogP contribution in [0.5, 0.6) is 11.5 Å². The molecule has 0 atom stereocenters. The number of hydrogen-bond acceptors (Lipinski definition) is 5. The molecule has 0 saturated heterocycles. The highest BCUT2D eigenvalue weighted by atomic mass is 79.9. The molecule has 6 heteroatoms. The molecule has 0 amide bonds. The topological polar surface area (TPSA) is 61.8 Å². The predicted octanol–water partition coefficient (Wildman–Crippen LogP) is 6.19. The molecule has 0 radical (unpaired) electrons. The van der Waals surface area contributed by atoms with Crippen LogP contribution in [0.2, 0.25) is 0 Å². The van der Waals surface area contributed by atoms with Crippen LogP contribution in [0.25, 0.3) is 0 Å². The second-order valence-corrected chi connectivity index (χ2v) is 7.40. The van der Waals surface area contributed by atoms with Crippen molar-refractivity contribution < 1.29 is 23.8 Å². The first kappa shape index (κ1) is 22.9. The Hall–Kier alpha value is -2.34. The average molecular weight is 463 g/mol. The van der Waals surface area contributed by atoms with Gasteiger partial charge in [-0.25, -0.2) is 9.59 Å². The van der Waals surface area contributed by atoms with E-state index in [1.165, 1.54) is 25.7 Å². The van der Waals surface area contributed by atoms with Gasteiger partial charge < -0.3 is 14.2 Å². The molecule has 0 N–H and O–H groups in total. The summed E-state index contributed by atoms with van der Waals surface area (Å²) < 4.78 is 16.6. The van der Waals surface area contributed by atoms with E-state index >= 15 is 0 Å². The minimum atomic E-state index is -0.485. The summed E-state index contributed by atoms with van der Waals surface area (Å²) >= 11 is 3.33. The van der Waals surface area contributed by atoms with Gasteiger partial charge in [-0.1, -0.05) is 32.6 Å². The van der Waals surface area contributed by atoms with Crippen molar-refractivity contribution in [3.63, 3.8) is 0 Å². The normalized spacial score (nSPS) is 10.4. The summed E-state index contributed by atoms with van der Waals surface area (Å²) in [6.45, 7) is 4.91. The average Bonchev–Trinajstić information content (AvgIpc) is 2.72. The number of benzene rings is 2. The van der Waals surface area contributed by atoms with E-state index in [-0.39, 0.29) is 0 Å². The molecule has 2 rings (SSSR count). The molecule has 2 aromatic rings. The fraction of sp³-hybridized carbons (Fsp3) is 0.391. The first-order valence-corrected chi connectivity index (χ1v) is 10.8. The van der Waals surface area contributed by atoms with Crippen LogP contribution in [-0.4, -0.2) is 25.2 Å². The summed E-state index contributed by atoms with van der Waals surface area (Å²) in [5.74, 6) is 0.153. The van der Waals surface area contributed by atoms with E-state index in [2.05, 4.69) is 22.9 Å². The van der Waals surface area contributed by atoms with E-state index in [1.54, 1.807) is 49.4 Å². The van der Waals surface area contributed by atoms with Crippen molar-refractivity contribution in [1.29, 1.82) is 0 Å². The third kappa shape index (κ3) is 7.54. The number of unbranched alkanes of at least 4 members (excludes halogenated alkanes) is 4. The highest BCUT2D eigenvalue weighted by Crippen LogP contribution is 2.27. The standard InChI is InChI=1S/C23H27BrO5/c1-3-5-6-7-8-15-28-19-12-9-17(10-13-19)23(26)29-21-14-11-18(16-20(21)24)22(25)27-4-2/h9-14,16H,3-8,15H2,1-2H3. The van der Waals surface area contributed by atoms with Gasteiger partial charge in [-0.15, -0.1) is 0 Å². The van der Waals surface area contributed by atoms with Gasteiger partial charge in [-0.05, 0) is 71.7 Å². The lowest BCUT2D eigenvalue weighted by atomic mass is 10.2. The smallest absolute Gasteiger partial charge is 0.343 e. The molecule has 29 heavy (non-hydrogen) atoms. The van der Waals surface area contributed by atoms with Crippen LogP contribution >= 0.6 is 15.9 Å². The van der Waals surface area contributed by atoms with E-state index in [0.29, 0.717) is 34.6 Å². The Bertz CT molecular complexity index is 801. The maximum atomic E-state index is 12.4. The zero-order valence-corrected chi connectivity index (χ0v) is 18.5. The van der Waals surface area contributed by atoms with Crippen molar-refractivity contribution in [3.8, 4) is 11.5 Å². The van der Waals surface area contributed by atoms with E-state index in [4.69, 9.17) is 14.2 Å². The highest BCUT2D eigenvalue weighted by Gasteiger charge is 2.14. The first-order valence-electron chi connectivity index (χ1n) is 9.96. The SMILES string of the molecule is CCCCCCCOc1ccc(C(=O)Oc2ccc(C(=O)OCC)cc2Br)cc1. The Morgan fingerprint density at radius 3 is 2.21 bits per heavy atom. The molecule has 0 spiro atoms. The van der Waals surface area contributed by atoms with Gasteiger partial charge >= 0.3 is 11.9 Å². The monoisotopic (exact) mass is 462 g/mol. The predicted molar refractivity (Wildman–Crippen MR) is 116 cm³/mol. The molecule has 5 nitrogen and oxygen atoms in total. The van der Waals surface area contributed by atoms with Crippen molar-refractivity contribution >= 4 is 27.9 Å². The van der Waals surface area contributed by atoms with Gasteiger partial charge in [-0.3, -0.25) is 0 Å². The zero-order chi connectivity index (χ0) is 21.1. The van der Waals surface area contributed by atoms with Crippen LogP contribution in [-0.2, 0) is 4.74 Å². The number of rotatable bonds is 11. The van der Waals surface area contributed by atoms with Crippen molar-refractivity contribution in [3.05, 3.63) is 58.1 Å². The zero-order valence-electron chi connectivity index (χ0n) is 16.9. The lowest BCUT2D eigenvalue weighted by Gasteiger charge is -2.09. The Morgan fingerprint density at radius 2 is 1.55 bits per heavy atom. The minimum absolute atomic E-state index is 0.297. The Balaban J connectivity index is 1.88. The van der Waals surface area contributed by atoms with E-state index in [0.717, 1.165) is 12.2 Å². The van der Waals surface area contributed by atoms with Gasteiger partial charge in [0.2, 0.25) is 0 Å². The Kier molecular flexibility index (Phi) is 9.71. The summed E-state index contributed by atoms with van der Waals surface area (Å²) in [4.78, 5) is 24.1. The van der Waals surface area contributed by atoms with E-state index < -0.39 is 11.9 Å². The van der Waals surface area contributed by atoms with E-state index in [9.17, 15) is 9.59 Å². The molecule has 0 aliphatic rings. The van der Waals surface area contributed by atoms with Crippen LogP contribution in [0.4, 0.5) is 0 Å². The maximum Gasteiger partial charge on any atom is 0.343 e. The summed E-state index contributed by atoms with van der Waals surface area (Å²) in [6.07, 6.45) is 5.92. The fourth-order valence-electron chi connectivity index (χ4n) is 2.67. The quantitative estimate of drug-likeness (QED) is 0.226. The van der Waals surface area contributed by atoms with Crippen molar-refractivity contribution in [2.45, 2.75) is 46.0 Å². The van der Waals surface area contributed by atoms with Crippen LogP contribution in [0.3, 0.4) is 0 Å². The van der Waals surface area contributed by atoms with Gasteiger partial charge in [0.1, 0.15) is 11.5 Å². The molecule has 0 bridgehead atoms. The molecule has 2 aromatic carbocycles. The van der Waals surface area contributed by atoms with Gasteiger partial charge in [0.15, 0.2) is 0 Å². The number of ether oxygens (including phenoxy) is 3. The summed E-state index contributed by atoms with van der Waals surface area (Å²) in [6, 6.07) is 11.6. The second kappa shape index (κ2) is 12.3. The Labute approximate surface area is 180 Å². The lowest BCUT2D eigenvalue weighted by Crippen LogP contribution is -2.10. The molecule has 0 aliphatic heterocycles. The van der Waals surface area contributed by atoms with Crippen LogP contribution < -0.4 is 9.47 Å². The van der Waals surface area contributed by atoms with Crippen LogP contribution in [0, 0.1) is 0 Å². The van der Waals surface area contributed by atoms with Gasteiger partial charge in [-0.2, -0.15) is 0 Å². The van der Waals surface area contributed by atoms with Gasteiger partial charge in [0.25, 0.3) is 0 Å². The molecule has 0 unspecified atom stereocenters. The number of carbonyl (C=O) groups excluding carboxylic acids is 2. The molecule has 0 aromatic heterocycles. The first-order chi connectivity index (χ1) is 14.0. The lowest BCUT2D eigenvalue weighted by molar-refractivity contribution is 0.0526. The molecule has 0 aliphatic carbocycles. The molecule has 0 heterocycles. The fourth-order valence-corrected chi connectivity index (χ4v) is 3.13. The molecule has 0 saturated carbocycles. The number of esters is 2. The van der Waals surface area contributed by atoms with E-state index in [1.807, 2.05) is 0 Å². The van der Waals surface area contributed by atoms with Crippen molar-refractivity contribution in [2.75, 3.05) is 13.2 Å². The Morgan fingerprint density at radius 1 is 0.862 bits per heavy atom. The maximum absolute atomic E-state index is 12.4. The van der Waals surface area contributed by atoms with Crippen LogP contribution in [0.1, 0.15) is 66.7 Å².